The van der Waals surface area contributed by atoms with E-state index in [9.17, 15) is 0 Å². The predicted molar refractivity (Wildman–Crippen MR) is 71.4 cm³/mol. The van der Waals surface area contributed by atoms with Crippen molar-refractivity contribution < 1.29 is 4.74 Å². The van der Waals surface area contributed by atoms with Crippen molar-refractivity contribution in [1.82, 2.24) is 10.3 Å². The molecule has 3 nitrogen and oxygen atoms in total. The van der Waals surface area contributed by atoms with E-state index in [2.05, 4.69) is 24.1 Å². The lowest BCUT2D eigenvalue weighted by molar-refractivity contribution is 0.0354. The minimum Gasteiger partial charge on any atom is -0.380 e. The third-order valence-corrected chi connectivity index (χ3v) is 3.33. The van der Waals surface area contributed by atoms with Crippen LogP contribution in [0.5, 0.6) is 0 Å². The van der Waals surface area contributed by atoms with E-state index in [-0.39, 0.29) is 12.1 Å². The molecule has 0 aliphatic heterocycles. The summed E-state index contributed by atoms with van der Waals surface area (Å²) < 4.78 is 5.56. The van der Waals surface area contributed by atoms with Crippen molar-refractivity contribution in [2.75, 3.05) is 14.2 Å². The average Bonchev–Trinajstić information content (AvgIpc) is 2.30. The second-order valence-electron chi connectivity index (χ2n) is 4.51. The average molecular weight is 257 g/mol. The number of likely N-dealkylation sites (N-methyl/N-ethyl adjacent to an activating group) is 1. The minimum absolute atomic E-state index is 0.171. The number of ether oxygens (including phenoxy) is 1. The van der Waals surface area contributed by atoms with Crippen LogP contribution < -0.4 is 5.32 Å². The summed E-state index contributed by atoms with van der Waals surface area (Å²) >= 11 is 6.12. The first kappa shape index (κ1) is 14.4. The lowest BCUT2D eigenvalue weighted by Gasteiger charge is -2.29. The fourth-order valence-electron chi connectivity index (χ4n) is 2.09. The molecule has 0 saturated heterocycles. The van der Waals surface area contributed by atoms with E-state index in [4.69, 9.17) is 16.3 Å². The molecule has 96 valence electrons. The summed E-state index contributed by atoms with van der Waals surface area (Å²) in [6, 6.07) is 2.21. The van der Waals surface area contributed by atoms with Crippen molar-refractivity contribution in [3.63, 3.8) is 0 Å². The summed E-state index contributed by atoms with van der Waals surface area (Å²) in [5, 5.41) is 4.02. The number of nitrogens with one attached hydrogen (secondary N) is 1. The molecule has 1 aromatic rings. The monoisotopic (exact) mass is 256 g/mol. The largest absolute Gasteiger partial charge is 0.380 e. The fourth-order valence-corrected chi connectivity index (χ4v) is 2.29. The fraction of sp³-hybridized carbons (Fsp3) is 0.615. The molecule has 0 radical (unpaired) electrons. The summed E-state index contributed by atoms with van der Waals surface area (Å²) in [7, 11) is 3.71. The second kappa shape index (κ2) is 6.94. The van der Waals surface area contributed by atoms with Crippen molar-refractivity contribution in [3.8, 4) is 0 Å². The van der Waals surface area contributed by atoms with Crippen LogP contribution in [0.25, 0.3) is 0 Å². The van der Waals surface area contributed by atoms with Gasteiger partial charge in [-0.25, -0.2) is 0 Å². The summed E-state index contributed by atoms with van der Waals surface area (Å²) in [5.74, 6) is 0.457. The highest BCUT2D eigenvalue weighted by Crippen LogP contribution is 2.19. The van der Waals surface area contributed by atoms with Gasteiger partial charge in [-0.1, -0.05) is 25.4 Å². The van der Waals surface area contributed by atoms with Gasteiger partial charge in [-0.05, 0) is 31.0 Å². The van der Waals surface area contributed by atoms with Gasteiger partial charge in [-0.2, -0.15) is 0 Å². The van der Waals surface area contributed by atoms with Gasteiger partial charge in [-0.3, -0.25) is 4.98 Å². The van der Waals surface area contributed by atoms with Crippen LogP contribution in [0.4, 0.5) is 0 Å². The predicted octanol–water partition coefficient (Wildman–Crippen LogP) is 2.54. The third-order valence-electron chi connectivity index (χ3n) is 2.99. The van der Waals surface area contributed by atoms with Crippen LogP contribution in [-0.4, -0.2) is 31.3 Å². The zero-order valence-corrected chi connectivity index (χ0v) is 11.7. The lowest BCUT2D eigenvalue weighted by Crippen LogP contribution is -2.43. The van der Waals surface area contributed by atoms with Gasteiger partial charge in [-0.15, -0.1) is 0 Å². The maximum atomic E-state index is 6.12. The van der Waals surface area contributed by atoms with E-state index >= 15 is 0 Å². The molecule has 0 amide bonds. The van der Waals surface area contributed by atoms with Gasteiger partial charge in [0.25, 0.3) is 0 Å². The van der Waals surface area contributed by atoms with Crippen molar-refractivity contribution in [2.45, 2.75) is 32.4 Å². The number of aromatic nitrogens is 1. The molecule has 0 aliphatic carbocycles. The van der Waals surface area contributed by atoms with Crippen LogP contribution in [0.1, 0.15) is 19.4 Å². The maximum absolute atomic E-state index is 6.12. The lowest BCUT2D eigenvalue weighted by atomic mass is 9.94. The Balaban J connectivity index is 2.79. The molecule has 0 bridgehead atoms. The number of nitrogens with zero attached hydrogens (tertiary/aromatic N) is 1. The number of rotatable bonds is 6. The van der Waals surface area contributed by atoms with E-state index in [0.29, 0.717) is 10.9 Å². The van der Waals surface area contributed by atoms with Crippen LogP contribution in [-0.2, 0) is 11.2 Å². The molecule has 1 N–H and O–H groups in total. The highest BCUT2D eigenvalue weighted by molar-refractivity contribution is 6.31. The van der Waals surface area contributed by atoms with Gasteiger partial charge in [0.05, 0.1) is 11.1 Å². The molecule has 0 aliphatic rings. The molecule has 1 rings (SSSR count). The first-order valence-corrected chi connectivity index (χ1v) is 6.26. The molecule has 4 heteroatoms. The van der Waals surface area contributed by atoms with Crippen LogP contribution in [0.15, 0.2) is 18.5 Å². The van der Waals surface area contributed by atoms with E-state index in [1.54, 1.807) is 19.5 Å². The number of hydrogen-bond donors (Lipinski definition) is 1. The highest BCUT2D eigenvalue weighted by atomic mass is 35.5. The SMILES string of the molecule is CNC(Cc1ccncc1Cl)C(OC)C(C)C. The zero-order chi connectivity index (χ0) is 12.8. The quantitative estimate of drug-likeness (QED) is 0.849. The summed E-state index contributed by atoms with van der Waals surface area (Å²) in [6.45, 7) is 4.32. The van der Waals surface area contributed by atoms with Crippen molar-refractivity contribution in [1.29, 1.82) is 0 Å². The Bertz CT molecular complexity index is 344. The van der Waals surface area contributed by atoms with Gasteiger partial charge in [0.15, 0.2) is 0 Å². The topological polar surface area (TPSA) is 34.2 Å². The van der Waals surface area contributed by atoms with Crippen LogP contribution in [0, 0.1) is 5.92 Å². The maximum Gasteiger partial charge on any atom is 0.0750 e. The number of halogens is 1. The number of pyridine rings is 1. The molecule has 0 spiro atoms. The molecule has 17 heavy (non-hydrogen) atoms. The smallest absolute Gasteiger partial charge is 0.0750 e. The Hall–Kier alpha value is -0.640. The molecule has 2 unspecified atom stereocenters. The Labute approximate surface area is 109 Å². The van der Waals surface area contributed by atoms with Crippen molar-refractivity contribution in [3.05, 3.63) is 29.0 Å². The Morgan fingerprint density at radius 1 is 1.47 bits per heavy atom. The van der Waals surface area contributed by atoms with Crippen molar-refractivity contribution in [2.24, 2.45) is 5.92 Å². The molecule has 0 saturated carbocycles. The summed E-state index contributed by atoms with van der Waals surface area (Å²) in [5.41, 5.74) is 1.10. The minimum atomic E-state index is 0.171. The Morgan fingerprint density at radius 3 is 2.65 bits per heavy atom. The molecule has 1 aromatic heterocycles. The van der Waals surface area contributed by atoms with Gasteiger partial charge < -0.3 is 10.1 Å². The van der Waals surface area contributed by atoms with E-state index in [0.717, 1.165) is 12.0 Å². The first-order chi connectivity index (χ1) is 8.10. The molecule has 0 aromatic carbocycles. The molecular formula is C13H21ClN2O. The second-order valence-corrected chi connectivity index (χ2v) is 4.92. The Morgan fingerprint density at radius 2 is 2.18 bits per heavy atom. The normalized spacial score (nSPS) is 14.9. The van der Waals surface area contributed by atoms with Gasteiger partial charge in [0.1, 0.15) is 0 Å². The summed E-state index contributed by atoms with van der Waals surface area (Å²) in [6.07, 6.45) is 4.46. The third kappa shape index (κ3) is 3.95. The van der Waals surface area contributed by atoms with Gasteiger partial charge in [0.2, 0.25) is 0 Å². The molecule has 1 heterocycles. The van der Waals surface area contributed by atoms with Crippen LogP contribution >= 0.6 is 11.6 Å². The standard InChI is InChI=1S/C13H21ClN2O/c1-9(2)13(17-4)12(15-3)7-10-5-6-16-8-11(10)14/h5-6,8-9,12-13,15H,7H2,1-4H3. The first-order valence-electron chi connectivity index (χ1n) is 5.88. The van der Waals surface area contributed by atoms with Crippen LogP contribution in [0.2, 0.25) is 5.02 Å². The zero-order valence-electron chi connectivity index (χ0n) is 10.9. The van der Waals surface area contributed by atoms with Crippen LogP contribution in [0.3, 0.4) is 0 Å². The Kier molecular flexibility index (Phi) is 5.89. The van der Waals surface area contributed by atoms with E-state index in [1.165, 1.54) is 0 Å². The summed E-state index contributed by atoms with van der Waals surface area (Å²) in [4.78, 5) is 3.99. The van der Waals surface area contributed by atoms with Crippen molar-refractivity contribution >= 4 is 11.6 Å². The van der Waals surface area contributed by atoms with E-state index in [1.807, 2.05) is 13.1 Å². The molecular weight excluding hydrogens is 236 g/mol. The van der Waals surface area contributed by atoms with Gasteiger partial charge in [0, 0.05) is 25.5 Å². The number of hydrogen-bond acceptors (Lipinski definition) is 3. The number of methoxy groups -OCH3 is 1. The van der Waals surface area contributed by atoms with Gasteiger partial charge >= 0.3 is 0 Å². The molecule has 2 atom stereocenters. The highest BCUT2D eigenvalue weighted by Gasteiger charge is 2.23. The molecule has 0 fully saturated rings. The van der Waals surface area contributed by atoms with E-state index < -0.39 is 0 Å².